The van der Waals surface area contributed by atoms with Gasteiger partial charge in [-0.1, -0.05) is 27.7 Å². The van der Waals surface area contributed by atoms with Gasteiger partial charge in [-0.2, -0.15) is 0 Å². The van der Waals surface area contributed by atoms with E-state index in [4.69, 9.17) is 10.5 Å². The van der Waals surface area contributed by atoms with Gasteiger partial charge in [0.1, 0.15) is 0 Å². The molecule has 2 N–H and O–H groups in total. The van der Waals surface area contributed by atoms with Crippen molar-refractivity contribution in [3.05, 3.63) is 29.8 Å². The van der Waals surface area contributed by atoms with Gasteiger partial charge in [0.2, 0.25) is 0 Å². The van der Waals surface area contributed by atoms with Gasteiger partial charge in [0.05, 0.1) is 12.2 Å². The van der Waals surface area contributed by atoms with Crippen molar-refractivity contribution in [3.63, 3.8) is 0 Å². The van der Waals surface area contributed by atoms with Gasteiger partial charge in [0.25, 0.3) is 0 Å². The Morgan fingerprint density at radius 3 is 2.09 bits per heavy atom. The summed E-state index contributed by atoms with van der Waals surface area (Å²) in [6, 6.07) is 6.82. The molecule has 0 atom stereocenters. The van der Waals surface area contributed by atoms with E-state index >= 15 is 0 Å². The van der Waals surface area contributed by atoms with E-state index in [9.17, 15) is 4.79 Å². The summed E-state index contributed by atoms with van der Waals surface area (Å²) in [5.41, 5.74) is 6.80. The maximum absolute atomic E-state index is 11.9. The van der Waals surface area contributed by atoms with E-state index in [0.717, 1.165) is 26.1 Å². The van der Waals surface area contributed by atoms with Crippen LogP contribution in [0.15, 0.2) is 24.3 Å². The van der Waals surface area contributed by atoms with Crippen LogP contribution in [0.5, 0.6) is 0 Å². The lowest BCUT2D eigenvalue weighted by Gasteiger charge is -2.25. The minimum absolute atomic E-state index is 0. The third kappa shape index (κ3) is 9.47. The highest BCUT2D eigenvalue weighted by Gasteiger charge is 2.10. The molecular weight excluding hydrogens is 312 g/mol. The number of ether oxygens (including phenoxy) is 1. The molecular formula is C18H31ClN2O2. The summed E-state index contributed by atoms with van der Waals surface area (Å²) in [5, 5.41) is 0. The van der Waals surface area contributed by atoms with Crippen LogP contribution in [0.4, 0.5) is 5.69 Å². The van der Waals surface area contributed by atoms with Gasteiger partial charge in [0, 0.05) is 25.3 Å². The molecule has 0 fully saturated rings. The highest BCUT2D eigenvalue weighted by atomic mass is 35.5. The van der Waals surface area contributed by atoms with Crippen LogP contribution in [0, 0.1) is 11.8 Å². The number of nitrogens with zero attached hydrogens (tertiary/aromatic N) is 1. The molecule has 0 amide bonds. The number of carbonyl (C=O) groups excluding carboxylic acids is 1. The largest absolute Gasteiger partial charge is 0.462 e. The Kier molecular flexibility index (Phi) is 10.7. The van der Waals surface area contributed by atoms with Gasteiger partial charge >= 0.3 is 5.97 Å². The van der Waals surface area contributed by atoms with Crippen molar-refractivity contribution in [3.8, 4) is 0 Å². The van der Waals surface area contributed by atoms with Gasteiger partial charge in [-0.15, -0.1) is 12.4 Å². The second kappa shape index (κ2) is 11.3. The zero-order valence-electron chi connectivity index (χ0n) is 14.7. The summed E-state index contributed by atoms with van der Waals surface area (Å²) >= 11 is 0. The van der Waals surface area contributed by atoms with Crippen molar-refractivity contribution >= 4 is 24.1 Å². The summed E-state index contributed by atoms with van der Waals surface area (Å²) in [4.78, 5) is 14.3. The Morgan fingerprint density at radius 2 is 1.61 bits per heavy atom. The van der Waals surface area contributed by atoms with Gasteiger partial charge in [0.15, 0.2) is 0 Å². The molecule has 0 aliphatic heterocycles. The number of rotatable bonds is 9. The molecule has 0 saturated carbocycles. The third-order valence-electron chi connectivity index (χ3n) is 3.24. The van der Waals surface area contributed by atoms with Crippen molar-refractivity contribution in [2.45, 2.75) is 34.1 Å². The van der Waals surface area contributed by atoms with Gasteiger partial charge in [-0.25, -0.2) is 4.79 Å². The topological polar surface area (TPSA) is 55.6 Å². The number of halogens is 1. The number of hydrogen-bond donors (Lipinski definition) is 1. The van der Waals surface area contributed by atoms with Gasteiger partial charge < -0.3 is 15.4 Å². The first-order chi connectivity index (χ1) is 10.4. The summed E-state index contributed by atoms with van der Waals surface area (Å²) in [7, 11) is 0. The van der Waals surface area contributed by atoms with Crippen molar-refractivity contribution in [1.82, 2.24) is 4.90 Å². The van der Waals surface area contributed by atoms with E-state index in [2.05, 4.69) is 32.6 Å². The van der Waals surface area contributed by atoms with Crippen molar-refractivity contribution in [1.29, 1.82) is 0 Å². The molecule has 1 aromatic rings. The number of esters is 1. The predicted octanol–water partition coefficient (Wildman–Crippen LogP) is 3.85. The van der Waals surface area contributed by atoms with Crippen LogP contribution in [0.3, 0.4) is 0 Å². The highest BCUT2D eigenvalue weighted by molar-refractivity contribution is 5.89. The van der Waals surface area contributed by atoms with Crippen molar-refractivity contribution < 1.29 is 9.53 Å². The minimum atomic E-state index is -0.278. The Labute approximate surface area is 146 Å². The van der Waals surface area contributed by atoms with Crippen LogP contribution in [-0.2, 0) is 4.74 Å². The lowest BCUT2D eigenvalue weighted by atomic mass is 10.1. The molecule has 0 aliphatic rings. The lowest BCUT2D eigenvalue weighted by Crippen LogP contribution is -2.32. The summed E-state index contributed by atoms with van der Waals surface area (Å²) in [6.07, 6.45) is 0.861. The maximum Gasteiger partial charge on any atom is 0.338 e. The number of nitrogen functional groups attached to an aromatic ring is 1. The zero-order chi connectivity index (χ0) is 16.5. The molecule has 132 valence electrons. The van der Waals surface area contributed by atoms with E-state index in [0.29, 0.717) is 29.7 Å². The first-order valence-electron chi connectivity index (χ1n) is 8.13. The first kappa shape index (κ1) is 21.7. The molecule has 0 saturated heterocycles. The molecule has 1 aromatic carbocycles. The molecule has 0 bridgehead atoms. The van der Waals surface area contributed by atoms with Crippen LogP contribution in [-0.4, -0.2) is 37.1 Å². The Bertz CT molecular complexity index is 437. The fraction of sp³-hybridized carbons (Fsp3) is 0.611. The lowest BCUT2D eigenvalue weighted by molar-refractivity contribution is 0.0484. The summed E-state index contributed by atoms with van der Waals surface area (Å²) in [5.74, 6) is 1.02. The average molecular weight is 343 g/mol. The standard InChI is InChI=1S/C18H30N2O2.ClH/c1-14(2)12-20(13-15(3)4)10-5-11-22-18(21)16-6-8-17(19)9-7-16;/h6-9,14-15H,5,10-13,19H2,1-4H3;1H. The summed E-state index contributed by atoms with van der Waals surface area (Å²) < 4.78 is 5.32. The van der Waals surface area contributed by atoms with E-state index in [-0.39, 0.29) is 18.4 Å². The van der Waals surface area contributed by atoms with Crippen LogP contribution >= 0.6 is 12.4 Å². The highest BCUT2D eigenvalue weighted by Crippen LogP contribution is 2.08. The Morgan fingerprint density at radius 1 is 1.09 bits per heavy atom. The SMILES string of the molecule is CC(C)CN(CCCOC(=O)c1ccc(N)cc1)CC(C)C.Cl. The normalized spacial score (nSPS) is 10.9. The Hall–Kier alpha value is -1.26. The fourth-order valence-electron chi connectivity index (χ4n) is 2.45. The van der Waals surface area contributed by atoms with Crippen LogP contribution in [0.1, 0.15) is 44.5 Å². The molecule has 0 aromatic heterocycles. The number of hydrogen-bond acceptors (Lipinski definition) is 4. The molecule has 0 aliphatic carbocycles. The summed E-state index contributed by atoms with van der Waals surface area (Å²) in [6.45, 7) is 12.5. The maximum atomic E-state index is 11.9. The number of carbonyl (C=O) groups is 1. The average Bonchev–Trinajstić information content (AvgIpc) is 2.42. The zero-order valence-corrected chi connectivity index (χ0v) is 15.6. The molecule has 0 spiro atoms. The van der Waals surface area contributed by atoms with Gasteiger partial charge in [-0.3, -0.25) is 0 Å². The quantitative estimate of drug-likeness (QED) is 0.420. The smallest absolute Gasteiger partial charge is 0.338 e. The monoisotopic (exact) mass is 342 g/mol. The van der Waals surface area contributed by atoms with Gasteiger partial charge in [-0.05, 0) is 42.5 Å². The number of benzene rings is 1. The fourth-order valence-corrected chi connectivity index (χ4v) is 2.45. The molecule has 1 rings (SSSR count). The van der Waals surface area contributed by atoms with E-state index in [1.165, 1.54) is 0 Å². The first-order valence-corrected chi connectivity index (χ1v) is 8.13. The van der Waals surface area contributed by atoms with Crippen LogP contribution in [0.25, 0.3) is 0 Å². The molecule has 23 heavy (non-hydrogen) atoms. The van der Waals surface area contributed by atoms with E-state index in [1.807, 2.05) is 0 Å². The number of anilines is 1. The van der Waals surface area contributed by atoms with Crippen molar-refractivity contribution in [2.24, 2.45) is 11.8 Å². The second-order valence-corrected chi connectivity index (χ2v) is 6.66. The molecule has 0 radical (unpaired) electrons. The number of nitrogens with two attached hydrogens (primary N) is 1. The molecule has 4 nitrogen and oxygen atoms in total. The second-order valence-electron chi connectivity index (χ2n) is 6.66. The Balaban J connectivity index is 0.00000484. The van der Waals surface area contributed by atoms with Crippen molar-refractivity contribution in [2.75, 3.05) is 32.0 Å². The van der Waals surface area contributed by atoms with E-state index < -0.39 is 0 Å². The van der Waals surface area contributed by atoms with E-state index in [1.54, 1.807) is 24.3 Å². The predicted molar refractivity (Wildman–Crippen MR) is 99.1 cm³/mol. The molecule has 0 heterocycles. The molecule has 5 heteroatoms. The molecule has 0 unspecified atom stereocenters. The minimum Gasteiger partial charge on any atom is -0.462 e. The third-order valence-corrected chi connectivity index (χ3v) is 3.24. The van der Waals surface area contributed by atoms with Crippen LogP contribution < -0.4 is 5.73 Å². The van der Waals surface area contributed by atoms with Crippen LogP contribution in [0.2, 0.25) is 0 Å².